The number of halogens is 1. The molecule has 4 nitrogen and oxygen atoms in total. The summed E-state index contributed by atoms with van der Waals surface area (Å²) in [5, 5.41) is 4.31. The number of ketones is 2. The largest absolute Gasteiger partial charge is 0.410 e. The molecule has 0 aromatic heterocycles. The lowest BCUT2D eigenvalue weighted by molar-refractivity contribution is -0.116. The fourth-order valence-electron chi connectivity index (χ4n) is 6.85. The Balaban J connectivity index is 0.000000899. The predicted molar refractivity (Wildman–Crippen MR) is 276 cm³/mol. The van der Waals surface area contributed by atoms with Crippen LogP contribution in [0.4, 0.5) is 0 Å². The van der Waals surface area contributed by atoms with Gasteiger partial charge in [0.2, 0.25) is 0 Å². The lowest BCUT2D eigenvalue weighted by Crippen LogP contribution is -2.43. The van der Waals surface area contributed by atoms with E-state index in [0.29, 0.717) is 24.0 Å². The van der Waals surface area contributed by atoms with Crippen molar-refractivity contribution in [3.63, 3.8) is 0 Å². The van der Waals surface area contributed by atoms with Gasteiger partial charge in [0.05, 0.1) is 28.4 Å². The summed E-state index contributed by atoms with van der Waals surface area (Å²) < 4.78 is 12.7. The average Bonchev–Trinajstić information content (AvgIpc) is 3.58. The molecule has 2 aliphatic carbocycles. The van der Waals surface area contributed by atoms with Crippen molar-refractivity contribution in [1.29, 1.82) is 0 Å². The van der Waals surface area contributed by atoms with Gasteiger partial charge < -0.3 is 8.85 Å². The van der Waals surface area contributed by atoms with Crippen molar-refractivity contribution in [3.8, 4) is 0 Å². The van der Waals surface area contributed by atoms with E-state index in [0.717, 1.165) is 30.7 Å². The second kappa shape index (κ2) is 25.7. The molecular weight excluding hydrogens is 844 g/mol. The van der Waals surface area contributed by atoms with Crippen LogP contribution in [0.2, 0.25) is 89.2 Å². The third-order valence-corrected chi connectivity index (χ3v) is 27.0. The van der Waals surface area contributed by atoms with E-state index in [1.807, 2.05) is 6.08 Å². The van der Waals surface area contributed by atoms with Crippen molar-refractivity contribution in [2.75, 3.05) is 5.33 Å². The Kier molecular flexibility index (Phi) is 25.5. The van der Waals surface area contributed by atoms with Gasteiger partial charge in [0.1, 0.15) is 0 Å². The number of carbonyl (C=O) groups is 2. The predicted octanol–water partition coefficient (Wildman–Crippen LogP) is 16.2. The summed E-state index contributed by atoms with van der Waals surface area (Å²) >= 11 is 3.33. The minimum absolute atomic E-state index is 0.000872. The second-order valence-corrected chi connectivity index (χ2v) is 42.8. The molecule has 2 rings (SSSR count). The number of hydrogen-bond donors (Lipinski definition) is 0. The van der Waals surface area contributed by atoms with E-state index in [2.05, 4.69) is 169 Å². The van der Waals surface area contributed by atoms with Gasteiger partial charge in [-0.15, -0.1) is 5.10 Å². The van der Waals surface area contributed by atoms with Crippen LogP contribution in [-0.4, -0.2) is 68.6 Å². The van der Waals surface area contributed by atoms with Crippen molar-refractivity contribution >= 4 is 67.0 Å². The molecule has 0 N–H and O–H groups in total. The second-order valence-electron chi connectivity index (χ2n) is 22.5. The Labute approximate surface area is 374 Å². The molecule has 0 saturated heterocycles. The Morgan fingerprint density at radius 1 is 0.655 bits per heavy atom. The molecule has 0 bridgehead atoms. The van der Waals surface area contributed by atoms with Crippen molar-refractivity contribution in [2.24, 2.45) is 0 Å². The summed E-state index contributed by atoms with van der Waals surface area (Å²) in [7, 11) is -6.07. The number of alkyl halides is 1. The first-order valence-electron chi connectivity index (χ1n) is 23.1. The molecular formula is C48H94BBrO4Si4. The first kappa shape index (κ1) is 57.6. The van der Waals surface area contributed by atoms with Gasteiger partial charge in [-0.25, -0.2) is 0 Å². The fourth-order valence-corrected chi connectivity index (χ4v) is 13.8. The van der Waals surface area contributed by atoms with Crippen molar-refractivity contribution < 1.29 is 18.4 Å². The van der Waals surface area contributed by atoms with Crippen LogP contribution in [0.3, 0.4) is 0 Å². The molecule has 0 aromatic carbocycles. The fraction of sp³-hybridized carbons (Fsp3) is 0.792. The van der Waals surface area contributed by atoms with E-state index in [1.54, 1.807) is 5.10 Å². The molecule has 58 heavy (non-hydrogen) atoms. The maximum atomic E-state index is 12.7. The van der Waals surface area contributed by atoms with Gasteiger partial charge in [-0.3, -0.25) is 9.59 Å². The summed E-state index contributed by atoms with van der Waals surface area (Å²) in [6.07, 6.45) is 24.2. The van der Waals surface area contributed by atoms with Gasteiger partial charge in [-0.05, 0) is 86.1 Å². The molecule has 0 heterocycles. The van der Waals surface area contributed by atoms with Gasteiger partial charge in [0, 0.05) is 23.7 Å². The number of unbranched alkanes of at least 4 members (excludes halogenated alkanes) is 8. The van der Waals surface area contributed by atoms with Gasteiger partial charge in [-0.1, -0.05) is 180 Å². The van der Waals surface area contributed by atoms with Crippen molar-refractivity contribution in [3.05, 3.63) is 45.7 Å². The van der Waals surface area contributed by atoms with E-state index >= 15 is 0 Å². The van der Waals surface area contributed by atoms with E-state index in [-0.39, 0.29) is 28.1 Å². The van der Waals surface area contributed by atoms with E-state index < -0.39 is 32.8 Å². The smallest absolute Gasteiger partial charge is 0.192 e. The highest BCUT2D eigenvalue weighted by atomic mass is 79.9. The first-order chi connectivity index (χ1) is 26.3. The van der Waals surface area contributed by atoms with E-state index in [4.69, 9.17) is 8.85 Å². The lowest BCUT2D eigenvalue weighted by Gasteiger charge is -2.37. The van der Waals surface area contributed by atoms with Crippen LogP contribution in [-0.2, 0) is 18.4 Å². The first-order valence-corrected chi connectivity index (χ1v) is 37.1. The molecule has 0 spiro atoms. The zero-order chi connectivity index (χ0) is 45.3. The Hall–Kier alpha value is -0.368. The van der Waals surface area contributed by atoms with Gasteiger partial charge in [-0.2, -0.15) is 0 Å². The Bertz CT molecular complexity index is 1390. The minimum atomic E-state index is -1.84. The standard InChI is InChI=1S/C23H44O2Si2.C13H29BSi.C12H21BrO2Si/c1-10-11-12-13-14-15-21(26(5,6)7)17-19-16-20(18-22(19)24)25-27(8,9)23(2,3)4;1-7-8-9-10-11-12-13(14(2)3)15(4,5)6;1-12(2,3)16(4,5)15-10-6-9(8-13)11(14)7-10/h15-16,20H,10-14,17-18H2,1-9H3;12H,7-11H2,1-6H3;6,10H,7-8H2,1-5H3/b21-15-;13-12-;. The highest BCUT2D eigenvalue weighted by Gasteiger charge is 2.42. The van der Waals surface area contributed by atoms with Crippen LogP contribution >= 0.6 is 15.9 Å². The number of allylic oxidation sites excluding steroid dienone is 5. The summed E-state index contributed by atoms with van der Waals surface area (Å²) in [5.41, 5.74) is 1.87. The van der Waals surface area contributed by atoms with Gasteiger partial charge in [0.25, 0.3) is 0 Å². The van der Waals surface area contributed by atoms with Crippen molar-refractivity contribution in [1.82, 2.24) is 0 Å². The van der Waals surface area contributed by atoms with Crippen LogP contribution in [0, 0.1) is 0 Å². The maximum Gasteiger partial charge on any atom is 0.192 e. The Morgan fingerprint density at radius 3 is 1.38 bits per heavy atom. The molecule has 0 aromatic rings. The number of carbonyl (C=O) groups excluding carboxylic acids is 2. The molecule has 0 saturated carbocycles. The zero-order valence-corrected chi connectivity index (χ0v) is 47.5. The third-order valence-electron chi connectivity index (χ3n) is 12.6. The zero-order valence-electron chi connectivity index (χ0n) is 42.0. The monoisotopic (exact) mass is 937 g/mol. The Morgan fingerprint density at radius 2 is 1.05 bits per heavy atom. The van der Waals surface area contributed by atoms with Crippen LogP contribution in [0.5, 0.6) is 0 Å². The SMILES string of the molecule is CC(C)(C)[Si](C)(C)OC1C=C(CBr)C(=O)C1.CCCCCC/C=C(/B(C)C)[Si](C)(C)C.CCCCCC/C=C(/CC1=CC(O[Si](C)(C)C(C)(C)C)CC1=O)[Si](C)(C)C. The molecule has 0 radical (unpaired) electrons. The molecule has 10 heteroatoms. The highest BCUT2D eigenvalue weighted by Crippen LogP contribution is 2.40. The number of hydrogen-bond acceptors (Lipinski definition) is 4. The average molecular weight is 938 g/mol. The summed E-state index contributed by atoms with van der Waals surface area (Å²) in [4.78, 5) is 24.2. The quantitative estimate of drug-likeness (QED) is 0.0693. The molecule has 0 amide bonds. The minimum Gasteiger partial charge on any atom is -0.410 e. The van der Waals surface area contributed by atoms with Crippen LogP contribution in [0.25, 0.3) is 0 Å². The van der Waals surface area contributed by atoms with Gasteiger partial charge >= 0.3 is 0 Å². The summed E-state index contributed by atoms with van der Waals surface area (Å²) in [5.74, 6) is 0.523. The maximum absolute atomic E-state index is 12.7. The van der Waals surface area contributed by atoms with E-state index in [9.17, 15) is 9.59 Å². The number of rotatable bonds is 20. The third kappa shape index (κ3) is 21.6. The molecule has 0 aliphatic heterocycles. The number of Topliss-reactive ketones (excluding diaryl/α,β-unsaturated/α-hetero) is 2. The molecule has 2 unspecified atom stereocenters. The van der Waals surface area contributed by atoms with Gasteiger partial charge in [0.15, 0.2) is 34.9 Å². The molecule has 0 fully saturated rings. The lowest BCUT2D eigenvalue weighted by atomic mass is 9.54. The molecule has 336 valence electrons. The molecule has 2 aliphatic rings. The van der Waals surface area contributed by atoms with Crippen LogP contribution < -0.4 is 0 Å². The van der Waals surface area contributed by atoms with Crippen molar-refractivity contribution in [2.45, 2.75) is 240 Å². The summed E-state index contributed by atoms with van der Waals surface area (Å²) in [6, 6.07) is 0. The van der Waals surface area contributed by atoms with Crippen LogP contribution in [0.15, 0.2) is 45.7 Å². The highest BCUT2D eigenvalue weighted by molar-refractivity contribution is 9.09. The normalized spacial score (nSPS) is 18.7. The van der Waals surface area contributed by atoms with E-state index in [1.165, 1.54) is 63.0 Å². The van der Waals surface area contributed by atoms with Crippen LogP contribution in [0.1, 0.15) is 139 Å². The topological polar surface area (TPSA) is 52.6 Å². The molecule has 2 atom stereocenters. The summed E-state index contributed by atoms with van der Waals surface area (Å²) in [6.45, 7) is 46.9.